The van der Waals surface area contributed by atoms with Crippen LogP contribution in [0.2, 0.25) is 0 Å². The fourth-order valence-corrected chi connectivity index (χ4v) is 3.06. The third kappa shape index (κ3) is 2.65. The Morgan fingerprint density at radius 1 is 1.21 bits per heavy atom. The smallest absolute Gasteiger partial charge is 0.0630 e. The third-order valence-electron chi connectivity index (χ3n) is 4.20. The Bertz CT molecular complexity index is 559. The maximum atomic E-state index is 6.22. The number of nitrogens with zero attached hydrogens (tertiary/aromatic N) is 1. The molecule has 0 saturated heterocycles. The summed E-state index contributed by atoms with van der Waals surface area (Å²) in [6, 6.07) is 6.12. The molecule has 0 unspecified atom stereocenters. The lowest BCUT2D eigenvalue weighted by atomic mass is 10.0. The highest BCUT2D eigenvalue weighted by Gasteiger charge is 2.14. The second-order valence-corrected chi connectivity index (χ2v) is 5.49. The summed E-state index contributed by atoms with van der Waals surface area (Å²) in [6.07, 6.45) is 10.5. The number of fused-ring (bicyclic) bond motifs is 1. The molecule has 3 rings (SSSR count). The van der Waals surface area contributed by atoms with E-state index in [-0.39, 0.29) is 0 Å². The number of nitrogens with two attached hydrogens (primary N) is 1. The SMILES string of the molecule is Nc1c(NCCC2CCCC2)ccc2cnccc12. The molecule has 3 nitrogen and oxygen atoms in total. The number of hydrogen-bond donors (Lipinski definition) is 2. The van der Waals surface area contributed by atoms with Gasteiger partial charge in [-0.2, -0.15) is 0 Å². The number of benzene rings is 1. The van der Waals surface area contributed by atoms with Crippen molar-refractivity contribution in [1.29, 1.82) is 0 Å². The molecule has 3 heteroatoms. The van der Waals surface area contributed by atoms with Gasteiger partial charge in [0.2, 0.25) is 0 Å². The summed E-state index contributed by atoms with van der Waals surface area (Å²) in [5.41, 5.74) is 8.11. The van der Waals surface area contributed by atoms with Gasteiger partial charge in [0.05, 0.1) is 11.4 Å². The molecule has 1 aliphatic carbocycles. The third-order valence-corrected chi connectivity index (χ3v) is 4.20. The van der Waals surface area contributed by atoms with Crippen molar-refractivity contribution in [2.45, 2.75) is 32.1 Å². The number of nitrogen functional groups attached to an aromatic ring is 1. The van der Waals surface area contributed by atoms with E-state index in [9.17, 15) is 0 Å². The quantitative estimate of drug-likeness (QED) is 0.817. The van der Waals surface area contributed by atoms with Crippen LogP contribution in [0.5, 0.6) is 0 Å². The number of pyridine rings is 1. The average Bonchev–Trinajstić information content (AvgIpc) is 2.95. The first kappa shape index (κ1) is 12.3. The number of aromatic nitrogens is 1. The largest absolute Gasteiger partial charge is 0.397 e. The van der Waals surface area contributed by atoms with E-state index >= 15 is 0 Å². The standard InChI is InChI=1S/C16H21N3/c17-16-14-8-9-18-11-13(14)5-6-15(16)19-10-7-12-3-1-2-4-12/h5-6,8-9,11-12,19H,1-4,7,10,17H2. The van der Waals surface area contributed by atoms with E-state index in [1.54, 1.807) is 6.20 Å². The molecule has 0 aliphatic heterocycles. The van der Waals surface area contributed by atoms with Crippen LogP contribution >= 0.6 is 0 Å². The first-order chi connectivity index (χ1) is 9.34. The lowest BCUT2D eigenvalue weighted by Gasteiger charge is -2.13. The van der Waals surface area contributed by atoms with Gasteiger partial charge in [0, 0.05) is 29.7 Å². The van der Waals surface area contributed by atoms with E-state index < -0.39 is 0 Å². The maximum absolute atomic E-state index is 6.22. The molecule has 1 saturated carbocycles. The van der Waals surface area contributed by atoms with Crippen LogP contribution in [0.15, 0.2) is 30.6 Å². The van der Waals surface area contributed by atoms with E-state index in [0.29, 0.717) is 0 Å². The fourth-order valence-electron chi connectivity index (χ4n) is 3.06. The van der Waals surface area contributed by atoms with Crippen molar-refractivity contribution < 1.29 is 0 Å². The first-order valence-corrected chi connectivity index (χ1v) is 7.20. The van der Waals surface area contributed by atoms with Crippen LogP contribution in [-0.4, -0.2) is 11.5 Å². The van der Waals surface area contributed by atoms with Crippen LogP contribution < -0.4 is 11.1 Å². The van der Waals surface area contributed by atoms with Gasteiger partial charge in [-0.15, -0.1) is 0 Å². The molecule has 3 N–H and O–H groups in total. The Morgan fingerprint density at radius 2 is 2.05 bits per heavy atom. The number of hydrogen-bond acceptors (Lipinski definition) is 3. The molecule has 1 fully saturated rings. The molecule has 100 valence electrons. The molecule has 0 radical (unpaired) electrons. The van der Waals surface area contributed by atoms with Gasteiger partial charge in [0.15, 0.2) is 0 Å². The molecule has 1 aliphatic rings. The normalized spacial score (nSPS) is 16.0. The second-order valence-electron chi connectivity index (χ2n) is 5.49. The zero-order valence-electron chi connectivity index (χ0n) is 11.2. The fraction of sp³-hybridized carbons (Fsp3) is 0.438. The molecule has 0 atom stereocenters. The predicted octanol–water partition coefficient (Wildman–Crippen LogP) is 3.81. The summed E-state index contributed by atoms with van der Waals surface area (Å²) in [5.74, 6) is 0.915. The van der Waals surface area contributed by atoms with Crippen LogP contribution in [0.4, 0.5) is 11.4 Å². The van der Waals surface area contributed by atoms with Crippen molar-refractivity contribution in [2.24, 2.45) is 5.92 Å². The minimum absolute atomic E-state index is 0.839. The Labute approximate surface area is 114 Å². The zero-order valence-corrected chi connectivity index (χ0v) is 11.2. The molecule has 1 aromatic heterocycles. The Kier molecular flexibility index (Phi) is 3.53. The van der Waals surface area contributed by atoms with E-state index in [2.05, 4.69) is 22.4 Å². The summed E-state index contributed by atoms with van der Waals surface area (Å²) in [5, 5.41) is 5.67. The molecular formula is C16H21N3. The maximum Gasteiger partial charge on any atom is 0.0630 e. The van der Waals surface area contributed by atoms with Crippen molar-refractivity contribution in [1.82, 2.24) is 4.98 Å². The molecule has 0 amide bonds. The molecule has 2 aromatic rings. The number of rotatable bonds is 4. The zero-order chi connectivity index (χ0) is 13.1. The predicted molar refractivity (Wildman–Crippen MR) is 81.2 cm³/mol. The van der Waals surface area contributed by atoms with Crippen molar-refractivity contribution >= 4 is 22.1 Å². The first-order valence-electron chi connectivity index (χ1n) is 7.20. The van der Waals surface area contributed by atoms with Gasteiger partial charge in [0.1, 0.15) is 0 Å². The Balaban J connectivity index is 1.68. The summed E-state index contributed by atoms with van der Waals surface area (Å²) < 4.78 is 0. The summed E-state index contributed by atoms with van der Waals surface area (Å²) in [6.45, 7) is 1.02. The van der Waals surface area contributed by atoms with Crippen LogP contribution in [0.1, 0.15) is 32.1 Å². The van der Waals surface area contributed by atoms with Gasteiger partial charge in [-0.05, 0) is 24.5 Å². The van der Waals surface area contributed by atoms with Crippen LogP contribution in [0.25, 0.3) is 10.8 Å². The summed E-state index contributed by atoms with van der Waals surface area (Å²) in [7, 11) is 0. The van der Waals surface area contributed by atoms with Gasteiger partial charge >= 0.3 is 0 Å². The van der Waals surface area contributed by atoms with Gasteiger partial charge in [0.25, 0.3) is 0 Å². The van der Waals surface area contributed by atoms with Gasteiger partial charge < -0.3 is 11.1 Å². The van der Waals surface area contributed by atoms with E-state index in [4.69, 9.17) is 5.73 Å². The van der Waals surface area contributed by atoms with E-state index in [0.717, 1.165) is 34.6 Å². The van der Waals surface area contributed by atoms with Crippen LogP contribution in [0, 0.1) is 5.92 Å². The second kappa shape index (κ2) is 5.47. The molecule has 1 heterocycles. The highest BCUT2D eigenvalue weighted by atomic mass is 14.9. The summed E-state index contributed by atoms with van der Waals surface area (Å²) >= 11 is 0. The molecule has 19 heavy (non-hydrogen) atoms. The Morgan fingerprint density at radius 3 is 2.89 bits per heavy atom. The lowest BCUT2D eigenvalue weighted by Crippen LogP contribution is -2.08. The molecule has 1 aromatic carbocycles. The lowest BCUT2D eigenvalue weighted by molar-refractivity contribution is 0.519. The molecular weight excluding hydrogens is 234 g/mol. The van der Waals surface area contributed by atoms with Gasteiger partial charge in [-0.1, -0.05) is 31.7 Å². The topological polar surface area (TPSA) is 50.9 Å². The van der Waals surface area contributed by atoms with E-state index in [1.165, 1.54) is 32.1 Å². The monoisotopic (exact) mass is 255 g/mol. The number of nitrogens with one attached hydrogen (secondary N) is 1. The van der Waals surface area contributed by atoms with Crippen molar-refractivity contribution in [2.75, 3.05) is 17.6 Å². The van der Waals surface area contributed by atoms with E-state index in [1.807, 2.05) is 12.3 Å². The highest BCUT2D eigenvalue weighted by Crippen LogP contribution is 2.30. The van der Waals surface area contributed by atoms with Gasteiger partial charge in [-0.25, -0.2) is 0 Å². The van der Waals surface area contributed by atoms with Crippen molar-refractivity contribution in [3.63, 3.8) is 0 Å². The minimum atomic E-state index is 0.839. The highest BCUT2D eigenvalue weighted by molar-refractivity contribution is 5.98. The molecule has 0 bridgehead atoms. The van der Waals surface area contributed by atoms with Crippen molar-refractivity contribution in [3.8, 4) is 0 Å². The van der Waals surface area contributed by atoms with Gasteiger partial charge in [-0.3, -0.25) is 4.98 Å². The average molecular weight is 255 g/mol. The van der Waals surface area contributed by atoms with Crippen LogP contribution in [0.3, 0.4) is 0 Å². The molecule has 0 spiro atoms. The van der Waals surface area contributed by atoms with Crippen LogP contribution in [-0.2, 0) is 0 Å². The minimum Gasteiger partial charge on any atom is -0.397 e. The Hall–Kier alpha value is -1.77. The number of anilines is 2. The summed E-state index contributed by atoms with van der Waals surface area (Å²) in [4.78, 5) is 4.12. The van der Waals surface area contributed by atoms with Crippen molar-refractivity contribution in [3.05, 3.63) is 30.6 Å².